The fourth-order valence-corrected chi connectivity index (χ4v) is 1.38. The Morgan fingerprint density at radius 3 is 2.17 bits per heavy atom. The molecular formula is C15H24ClNO. The zero-order chi connectivity index (χ0) is 14.3. The van der Waals surface area contributed by atoms with E-state index >= 15 is 0 Å². The van der Waals surface area contributed by atoms with Gasteiger partial charge in [0.25, 0.3) is 0 Å². The summed E-state index contributed by atoms with van der Waals surface area (Å²) >= 11 is 5.97. The molecule has 0 fully saturated rings. The number of hydrogen-bond acceptors (Lipinski definition) is 1. The van der Waals surface area contributed by atoms with E-state index in [1.54, 1.807) is 12.1 Å². The molecule has 1 N–H and O–H groups in total. The van der Waals surface area contributed by atoms with Crippen molar-refractivity contribution < 1.29 is 4.79 Å². The van der Waals surface area contributed by atoms with Gasteiger partial charge in [-0.15, -0.1) is 0 Å². The summed E-state index contributed by atoms with van der Waals surface area (Å²) in [5, 5.41) is 3.41. The first kappa shape index (κ1) is 17.0. The maximum absolute atomic E-state index is 11.9. The SMILES string of the molecule is CC.CC(C(=O)Nc1ccccc1Cl)C(C)(C)C. The molecule has 0 aromatic heterocycles. The fourth-order valence-electron chi connectivity index (χ4n) is 1.20. The van der Waals surface area contributed by atoms with Crippen LogP contribution in [0, 0.1) is 11.3 Å². The number of amides is 1. The largest absolute Gasteiger partial charge is 0.325 e. The zero-order valence-corrected chi connectivity index (χ0v) is 12.9. The highest BCUT2D eigenvalue weighted by molar-refractivity contribution is 6.33. The molecule has 0 aliphatic carbocycles. The van der Waals surface area contributed by atoms with Crippen LogP contribution in [0.4, 0.5) is 5.69 Å². The molecule has 0 radical (unpaired) electrons. The Morgan fingerprint density at radius 2 is 1.72 bits per heavy atom. The van der Waals surface area contributed by atoms with E-state index in [4.69, 9.17) is 11.6 Å². The van der Waals surface area contributed by atoms with Crippen LogP contribution in [0.15, 0.2) is 24.3 Å². The summed E-state index contributed by atoms with van der Waals surface area (Å²) in [5.74, 6) is -0.0654. The molecule has 0 aliphatic heterocycles. The number of carbonyl (C=O) groups excluding carboxylic acids is 1. The van der Waals surface area contributed by atoms with E-state index in [0.717, 1.165) is 0 Å². The van der Waals surface area contributed by atoms with Gasteiger partial charge in [0, 0.05) is 5.92 Å². The molecule has 0 spiro atoms. The lowest BCUT2D eigenvalue weighted by Crippen LogP contribution is -2.30. The van der Waals surface area contributed by atoms with Gasteiger partial charge in [0.15, 0.2) is 0 Å². The smallest absolute Gasteiger partial charge is 0.227 e. The van der Waals surface area contributed by atoms with Crippen molar-refractivity contribution in [3.05, 3.63) is 29.3 Å². The van der Waals surface area contributed by atoms with Gasteiger partial charge in [-0.1, -0.05) is 65.3 Å². The molecule has 1 amide bonds. The Labute approximate surface area is 116 Å². The molecule has 3 heteroatoms. The highest BCUT2D eigenvalue weighted by Gasteiger charge is 2.26. The summed E-state index contributed by atoms with van der Waals surface area (Å²) in [4.78, 5) is 11.9. The summed E-state index contributed by atoms with van der Waals surface area (Å²) in [6.07, 6.45) is 0. The summed E-state index contributed by atoms with van der Waals surface area (Å²) < 4.78 is 0. The van der Waals surface area contributed by atoms with Crippen molar-refractivity contribution in [2.45, 2.75) is 41.5 Å². The molecule has 2 nitrogen and oxygen atoms in total. The standard InChI is InChI=1S/C13H18ClNO.C2H6/c1-9(13(2,3)4)12(16)15-11-8-6-5-7-10(11)14;1-2/h5-9H,1-4H3,(H,15,16);1-2H3. The van der Waals surface area contributed by atoms with E-state index in [0.29, 0.717) is 10.7 Å². The summed E-state index contributed by atoms with van der Waals surface area (Å²) in [6, 6.07) is 7.25. The second kappa shape index (κ2) is 7.42. The molecule has 18 heavy (non-hydrogen) atoms. The highest BCUT2D eigenvalue weighted by atomic mass is 35.5. The van der Waals surface area contributed by atoms with Crippen LogP contribution in [-0.2, 0) is 4.79 Å². The topological polar surface area (TPSA) is 29.1 Å². The second-order valence-corrected chi connectivity index (χ2v) is 5.46. The molecule has 0 bridgehead atoms. The number of benzene rings is 1. The van der Waals surface area contributed by atoms with Gasteiger partial charge in [0.2, 0.25) is 5.91 Å². The third-order valence-corrected chi connectivity index (χ3v) is 3.15. The van der Waals surface area contributed by atoms with E-state index in [1.165, 1.54) is 0 Å². The predicted octanol–water partition coefficient (Wildman–Crippen LogP) is 4.99. The van der Waals surface area contributed by atoms with Crippen molar-refractivity contribution in [2.24, 2.45) is 11.3 Å². The van der Waals surface area contributed by atoms with Gasteiger partial charge in [-0.25, -0.2) is 0 Å². The normalized spacial score (nSPS) is 12.2. The Kier molecular flexibility index (Phi) is 7.00. The molecule has 0 saturated carbocycles. The predicted molar refractivity (Wildman–Crippen MR) is 80.0 cm³/mol. The highest BCUT2D eigenvalue weighted by Crippen LogP contribution is 2.28. The maximum Gasteiger partial charge on any atom is 0.227 e. The number of carbonyl (C=O) groups is 1. The molecule has 1 aromatic carbocycles. The Hall–Kier alpha value is -1.02. The van der Waals surface area contributed by atoms with Crippen LogP contribution in [0.1, 0.15) is 41.5 Å². The van der Waals surface area contributed by atoms with Gasteiger partial charge in [-0.3, -0.25) is 4.79 Å². The molecular weight excluding hydrogens is 246 g/mol. The van der Waals surface area contributed by atoms with Gasteiger partial charge in [0.1, 0.15) is 0 Å². The van der Waals surface area contributed by atoms with Crippen molar-refractivity contribution in [3.8, 4) is 0 Å². The van der Waals surface area contributed by atoms with Crippen LogP contribution in [-0.4, -0.2) is 5.91 Å². The fraction of sp³-hybridized carbons (Fsp3) is 0.533. The minimum atomic E-state index is -0.0660. The van der Waals surface area contributed by atoms with E-state index in [1.807, 2.05) is 53.7 Å². The van der Waals surface area contributed by atoms with E-state index in [9.17, 15) is 4.79 Å². The van der Waals surface area contributed by atoms with Crippen LogP contribution in [0.2, 0.25) is 5.02 Å². The van der Waals surface area contributed by atoms with Crippen LogP contribution in [0.3, 0.4) is 0 Å². The van der Waals surface area contributed by atoms with Gasteiger partial charge in [-0.2, -0.15) is 0 Å². The minimum absolute atomic E-state index is 0.000556. The summed E-state index contributed by atoms with van der Waals surface area (Å²) in [7, 11) is 0. The average Bonchev–Trinajstić information content (AvgIpc) is 2.32. The van der Waals surface area contributed by atoms with Crippen molar-refractivity contribution in [2.75, 3.05) is 5.32 Å². The molecule has 0 heterocycles. The monoisotopic (exact) mass is 269 g/mol. The number of anilines is 1. The quantitative estimate of drug-likeness (QED) is 0.805. The molecule has 0 saturated heterocycles. The third-order valence-electron chi connectivity index (χ3n) is 2.82. The lowest BCUT2D eigenvalue weighted by atomic mass is 9.81. The summed E-state index contributed by atoms with van der Waals surface area (Å²) in [6.45, 7) is 12.1. The van der Waals surface area contributed by atoms with Crippen molar-refractivity contribution >= 4 is 23.2 Å². The van der Waals surface area contributed by atoms with Crippen LogP contribution < -0.4 is 5.32 Å². The Bertz CT molecular complexity index is 382. The molecule has 0 aliphatic rings. The second-order valence-electron chi connectivity index (χ2n) is 5.06. The van der Waals surface area contributed by atoms with Gasteiger partial charge in [0.05, 0.1) is 10.7 Å². The Morgan fingerprint density at radius 1 is 1.22 bits per heavy atom. The summed E-state index contributed by atoms with van der Waals surface area (Å²) in [5.41, 5.74) is 0.621. The van der Waals surface area contributed by atoms with Gasteiger partial charge >= 0.3 is 0 Å². The minimum Gasteiger partial charge on any atom is -0.325 e. The zero-order valence-electron chi connectivity index (χ0n) is 12.2. The number of para-hydroxylation sites is 1. The maximum atomic E-state index is 11.9. The number of rotatable bonds is 2. The number of halogens is 1. The van der Waals surface area contributed by atoms with Crippen LogP contribution >= 0.6 is 11.6 Å². The third kappa shape index (κ3) is 5.09. The molecule has 1 atom stereocenters. The first-order valence-corrected chi connectivity index (χ1v) is 6.75. The van der Waals surface area contributed by atoms with E-state index in [2.05, 4.69) is 5.32 Å². The molecule has 1 aromatic rings. The van der Waals surface area contributed by atoms with Crippen molar-refractivity contribution in [1.82, 2.24) is 0 Å². The van der Waals surface area contributed by atoms with Crippen LogP contribution in [0.25, 0.3) is 0 Å². The van der Waals surface area contributed by atoms with Crippen molar-refractivity contribution in [1.29, 1.82) is 0 Å². The molecule has 1 unspecified atom stereocenters. The van der Waals surface area contributed by atoms with Crippen molar-refractivity contribution in [3.63, 3.8) is 0 Å². The van der Waals surface area contributed by atoms with Gasteiger partial charge < -0.3 is 5.32 Å². The lowest BCUT2D eigenvalue weighted by Gasteiger charge is -2.26. The Balaban J connectivity index is 0.00000137. The first-order chi connectivity index (χ1) is 8.32. The average molecular weight is 270 g/mol. The molecule has 102 valence electrons. The van der Waals surface area contributed by atoms with E-state index < -0.39 is 0 Å². The molecule has 1 rings (SSSR count). The number of hydrogen-bond donors (Lipinski definition) is 1. The van der Waals surface area contributed by atoms with Crippen LogP contribution in [0.5, 0.6) is 0 Å². The lowest BCUT2D eigenvalue weighted by molar-refractivity contribution is -0.122. The number of nitrogens with one attached hydrogen (secondary N) is 1. The first-order valence-electron chi connectivity index (χ1n) is 6.38. The van der Waals surface area contributed by atoms with E-state index in [-0.39, 0.29) is 17.2 Å². The van der Waals surface area contributed by atoms with Gasteiger partial charge in [-0.05, 0) is 17.5 Å².